The second-order valence-electron chi connectivity index (χ2n) is 11.9. The molecule has 0 aliphatic rings. The third kappa shape index (κ3) is 20.8. The van der Waals surface area contributed by atoms with E-state index in [9.17, 15) is 63.0 Å². The number of nitrogens with one attached hydrogen (secondary N) is 8. The molecule has 0 bridgehead atoms. The molecule has 6 unspecified atom stereocenters. The van der Waals surface area contributed by atoms with E-state index >= 15 is 0 Å². The van der Waals surface area contributed by atoms with Crippen molar-refractivity contribution in [1.82, 2.24) is 42.5 Å². The largest absolute Gasteiger partial charge is 0.480 e. The number of carbonyl (C=O) groups is 11. The number of hydrogen-bond donors (Lipinski definition) is 14. The van der Waals surface area contributed by atoms with Crippen LogP contribution >= 0.6 is 0 Å². The molecular weight excluding hydrogens is 738 g/mol. The van der Waals surface area contributed by atoms with Gasteiger partial charge in [-0.1, -0.05) is 0 Å². The highest BCUT2D eigenvalue weighted by Crippen LogP contribution is 2.04. The summed E-state index contributed by atoms with van der Waals surface area (Å²) in [6.07, 6.45) is -0.681. The molecule has 6 atom stereocenters. The van der Waals surface area contributed by atoms with Gasteiger partial charge in [0.2, 0.25) is 59.1 Å². The molecule has 0 spiro atoms. The Morgan fingerprint density at radius 2 is 1.05 bits per heavy atom. The summed E-state index contributed by atoms with van der Waals surface area (Å²) in [6, 6.07) is -8.91. The first-order chi connectivity index (χ1) is 25.7. The lowest BCUT2D eigenvalue weighted by molar-refractivity contribution is -0.144. The molecule has 0 aromatic heterocycles. The number of rotatable bonds is 27. The lowest BCUT2D eigenvalue weighted by Crippen LogP contribution is -2.59. The van der Waals surface area contributed by atoms with Gasteiger partial charge >= 0.3 is 5.97 Å². The molecule has 0 aromatic rings. The minimum Gasteiger partial charge on any atom is -0.480 e. The van der Waals surface area contributed by atoms with E-state index < -0.39 is 147 Å². The van der Waals surface area contributed by atoms with Crippen LogP contribution in [0, 0.1) is 0 Å². The molecule has 0 radical (unpaired) electrons. The van der Waals surface area contributed by atoms with Crippen LogP contribution in [0.5, 0.6) is 0 Å². The zero-order valence-electron chi connectivity index (χ0n) is 30.3. The Bertz CT molecular complexity index is 1410. The number of aliphatic carboxylic acids is 1. The molecule has 0 aliphatic heterocycles. The smallest absolute Gasteiger partial charge is 0.326 e. The monoisotopic (exact) mass is 789 g/mol. The van der Waals surface area contributed by atoms with Crippen LogP contribution in [0.1, 0.15) is 52.4 Å². The minimum atomic E-state index is -1.75. The number of carboxylic acids is 1. The fourth-order valence-corrected chi connectivity index (χ4v) is 4.37. The molecule has 25 nitrogen and oxygen atoms in total. The number of amides is 10. The molecule has 0 aromatic carbocycles. The highest BCUT2D eigenvalue weighted by Gasteiger charge is 2.31. The molecule has 55 heavy (non-hydrogen) atoms. The Hall–Kier alpha value is -5.95. The molecule has 0 rings (SSSR count). The topological polar surface area (TPSA) is 423 Å². The zero-order valence-corrected chi connectivity index (χ0v) is 30.3. The van der Waals surface area contributed by atoms with Crippen molar-refractivity contribution in [2.45, 2.75) is 88.6 Å². The van der Waals surface area contributed by atoms with Gasteiger partial charge in [-0.3, -0.25) is 47.9 Å². The van der Waals surface area contributed by atoms with Crippen LogP contribution in [0.3, 0.4) is 0 Å². The molecule has 0 saturated heterocycles. The van der Waals surface area contributed by atoms with Crippen molar-refractivity contribution in [3.05, 3.63) is 0 Å². The van der Waals surface area contributed by atoms with Crippen LogP contribution in [0.4, 0.5) is 0 Å². The zero-order chi connectivity index (χ0) is 42.2. The number of aliphatic hydroxyl groups is 2. The standard InChI is InChI=1S/C30H51N11O14/c1-14(36-15(2)44)25(49)38-16(5-3-4-8-31)27(51)41-20(13-43)29(53)39-17(6-7-21(32)45)26(50)35-10-23(47)34-11-24(48)37-19(12-42)28(52)40-18(30(54)55)9-22(33)46/h14,16-20,42-43H,3-13,31H2,1-2H3,(H2,32,45)(H2,33,46)(H,34,47)(H,35,50)(H,36,44)(H,37,48)(H,38,49)(H,39,53)(H,40,52)(H,41,51)(H,54,55). The first-order valence-electron chi connectivity index (χ1n) is 16.8. The van der Waals surface area contributed by atoms with Crippen molar-refractivity contribution in [2.24, 2.45) is 17.2 Å². The highest BCUT2D eigenvalue weighted by molar-refractivity contribution is 5.97. The van der Waals surface area contributed by atoms with Crippen molar-refractivity contribution in [3.8, 4) is 0 Å². The summed E-state index contributed by atoms with van der Waals surface area (Å²) >= 11 is 0. The Balaban J connectivity index is 5.44. The van der Waals surface area contributed by atoms with Crippen LogP contribution in [-0.2, 0) is 52.7 Å². The molecule has 0 aliphatic carbocycles. The number of carbonyl (C=O) groups excluding carboxylic acids is 10. The summed E-state index contributed by atoms with van der Waals surface area (Å²) in [5.41, 5.74) is 15.6. The van der Waals surface area contributed by atoms with Crippen LogP contribution in [-0.4, -0.2) is 149 Å². The van der Waals surface area contributed by atoms with Gasteiger partial charge in [-0.05, 0) is 39.2 Å². The third-order valence-corrected chi connectivity index (χ3v) is 7.24. The van der Waals surface area contributed by atoms with E-state index in [0.29, 0.717) is 12.8 Å². The summed E-state index contributed by atoms with van der Waals surface area (Å²) in [7, 11) is 0. The Morgan fingerprint density at radius 3 is 1.56 bits per heavy atom. The lowest BCUT2D eigenvalue weighted by Gasteiger charge is -2.25. The third-order valence-electron chi connectivity index (χ3n) is 7.24. The summed E-state index contributed by atoms with van der Waals surface area (Å²) in [4.78, 5) is 134. The van der Waals surface area contributed by atoms with Crippen molar-refractivity contribution < 1.29 is 68.1 Å². The number of nitrogens with two attached hydrogens (primary N) is 3. The quantitative estimate of drug-likeness (QED) is 0.0344. The van der Waals surface area contributed by atoms with Crippen molar-refractivity contribution in [1.29, 1.82) is 0 Å². The summed E-state index contributed by atoms with van der Waals surface area (Å²) < 4.78 is 0. The number of aliphatic hydroxyl groups excluding tert-OH is 2. The fourth-order valence-electron chi connectivity index (χ4n) is 4.37. The van der Waals surface area contributed by atoms with Gasteiger partial charge in [0, 0.05) is 13.3 Å². The van der Waals surface area contributed by atoms with Gasteiger partial charge in [0.15, 0.2) is 0 Å². The van der Waals surface area contributed by atoms with Crippen molar-refractivity contribution in [3.63, 3.8) is 0 Å². The van der Waals surface area contributed by atoms with Gasteiger partial charge < -0.3 is 75.1 Å². The molecule has 0 heterocycles. The first kappa shape index (κ1) is 49.0. The predicted molar refractivity (Wildman–Crippen MR) is 186 cm³/mol. The highest BCUT2D eigenvalue weighted by atomic mass is 16.4. The second-order valence-corrected chi connectivity index (χ2v) is 11.9. The average Bonchev–Trinajstić information content (AvgIpc) is 3.10. The van der Waals surface area contributed by atoms with E-state index in [4.69, 9.17) is 22.3 Å². The first-order valence-corrected chi connectivity index (χ1v) is 16.8. The predicted octanol–water partition coefficient (Wildman–Crippen LogP) is -8.49. The molecule has 17 N–H and O–H groups in total. The van der Waals surface area contributed by atoms with Gasteiger partial charge in [0.25, 0.3) is 0 Å². The number of hydrogen-bond acceptors (Lipinski definition) is 14. The van der Waals surface area contributed by atoms with Crippen LogP contribution in [0.2, 0.25) is 0 Å². The maximum Gasteiger partial charge on any atom is 0.326 e. The van der Waals surface area contributed by atoms with Gasteiger partial charge in [0.1, 0.15) is 36.3 Å². The molecule has 0 fully saturated rings. The van der Waals surface area contributed by atoms with Crippen LogP contribution in [0.25, 0.3) is 0 Å². The van der Waals surface area contributed by atoms with E-state index in [1.165, 1.54) is 13.8 Å². The normalized spacial score (nSPS) is 13.8. The number of primary amides is 2. The van der Waals surface area contributed by atoms with E-state index in [1.807, 2.05) is 10.6 Å². The van der Waals surface area contributed by atoms with Gasteiger partial charge in [-0.15, -0.1) is 0 Å². The van der Waals surface area contributed by atoms with Crippen molar-refractivity contribution in [2.75, 3.05) is 32.8 Å². The summed E-state index contributed by atoms with van der Waals surface area (Å²) in [6.45, 7) is -0.742. The summed E-state index contributed by atoms with van der Waals surface area (Å²) in [5, 5.41) is 46.0. The summed E-state index contributed by atoms with van der Waals surface area (Å²) in [5.74, 6) is -11.0. The maximum absolute atomic E-state index is 13.1. The fraction of sp³-hybridized carbons (Fsp3) is 0.633. The Morgan fingerprint density at radius 1 is 0.564 bits per heavy atom. The Labute approximate surface area is 314 Å². The van der Waals surface area contributed by atoms with E-state index in [1.54, 1.807) is 0 Å². The maximum atomic E-state index is 13.1. The minimum absolute atomic E-state index is 0.0671. The molecule has 310 valence electrons. The second kappa shape index (κ2) is 25.9. The van der Waals surface area contributed by atoms with Crippen molar-refractivity contribution >= 4 is 65.0 Å². The molecule has 25 heteroatoms. The molecule has 10 amide bonds. The molecular formula is C30H51N11O14. The van der Waals surface area contributed by atoms with Gasteiger partial charge in [0.05, 0.1) is 32.7 Å². The van der Waals surface area contributed by atoms with E-state index in [0.717, 1.165) is 0 Å². The number of unbranched alkanes of at least 4 members (excludes halogenated alkanes) is 1. The Kier molecular flexibility index (Phi) is 23.1. The average molecular weight is 790 g/mol. The van der Waals surface area contributed by atoms with E-state index in [2.05, 4.69) is 31.9 Å². The van der Waals surface area contributed by atoms with Gasteiger partial charge in [-0.25, -0.2) is 4.79 Å². The lowest BCUT2D eigenvalue weighted by atomic mass is 10.1. The van der Waals surface area contributed by atoms with E-state index in [-0.39, 0.29) is 13.0 Å². The SMILES string of the molecule is CC(=O)NC(C)C(=O)NC(CCCCN)C(=O)NC(CO)C(=O)NC(CCC(N)=O)C(=O)NCC(=O)NCC(=O)NC(CO)C(=O)NC(CC(N)=O)C(=O)O. The molecule has 0 saturated carbocycles. The number of carboxylic acid groups (broad SMARTS) is 1. The van der Waals surface area contributed by atoms with Crippen LogP contribution < -0.4 is 59.7 Å². The van der Waals surface area contributed by atoms with Gasteiger partial charge in [-0.2, -0.15) is 0 Å². The van der Waals surface area contributed by atoms with Crippen LogP contribution in [0.15, 0.2) is 0 Å².